The van der Waals surface area contributed by atoms with E-state index in [1.54, 1.807) is 0 Å². The average molecular weight is 214 g/mol. The number of rotatable bonds is 4. The van der Waals surface area contributed by atoms with Crippen LogP contribution in [-0.2, 0) is 4.74 Å². The molecule has 0 spiro atoms. The van der Waals surface area contributed by atoms with E-state index in [2.05, 4.69) is 13.8 Å². The van der Waals surface area contributed by atoms with Crippen LogP contribution in [0.3, 0.4) is 0 Å². The van der Waals surface area contributed by atoms with Gasteiger partial charge >= 0.3 is 0 Å². The Morgan fingerprint density at radius 3 is 2.20 bits per heavy atom. The summed E-state index contributed by atoms with van der Waals surface area (Å²) >= 11 is 0. The van der Waals surface area contributed by atoms with Crippen molar-refractivity contribution in [3.05, 3.63) is 0 Å². The van der Waals surface area contributed by atoms with Crippen LogP contribution in [0.15, 0.2) is 0 Å². The third kappa shape index (κ3) is 3.76. The highest BCUT2D eigenvalue weighted by Gasteiger charge is 2.31. The van der Waals surface area contributed by atoms with Crippen LogP contribution < -0.4 is 0 Å². The van der Waals surface area contributed by atoms with Gasteiger partial charge in [0.1, 0.15) is 0 Å². The highest BCUT2D eigenvalue weighted by atomic mass is 16.5. The maximum Gasteiger partial charge on any atom is 0.0827 e. The number of ether oxygens (including phenoxy) is 1. The average Bonchev–Trinajstić information content (AvgIpc) is 2.15. The number of aliphatic hydroxyl groups is 1. The Kier molecular flexibility index (Phi) is 5.07. The molecule has 4 atom stereocenters. The van der Waals surface area contributed by atoms with Crippen molar-refractivity contribution in [2.75, 3.05) is 6.61 Å². The first-order chi connectivity index (χ1) is 7.04. The van der Waals surface area contributed by atoms with E-state index in [1.165, 1.54) is 6.42 Å². The predicted molar refractivity (Wildman–Crippen MR) is 62.8 cm³/mol. The first-order valence-corrected chi connectivity index (χ1v) is 6.34. The minimum Gasteiger partial charge on any atom is -0.390 e. The lowest BCUT2D eigenvalue weighted by Gasteiger charge is -2.36. The minimum atomic E-state index is -0.282. The van der Waals surface area contributed by atoms with Gasteiger partial charge in [-0.3, -0.25) is 0 Å². The van der Waals surface area contributed by atoms with E-state index >= 15 is 0 Å². The summed E-state index contributed by atoms with van der Waals surface area (Å²) in [5.74, 6) is 1.94. The molecule has 1 fully saturated rings. The molecule has 0 saturated heterocycles. The van der Waals surface area contributed by atoms with Crippen molar-refractivity contribution in [3.63, 3.8) is 0 Å². The molecule has 4 unspecified atom stereocenters. The van der Waals surface area contributed by atoms with Gasteiger partial charge < -0.3 is 9.84 Å². The molecule has 0 bridgehead atoms. The number of aliphatic hydroxyl groups excluding tert-OH is 1. The van der Waals surface area contributed by atoms with Crippen LogP contribution >= 0.6 is 0 Å². The Labute approximate surface area is 94.0 Å². The molecule has 0 aromatic carbocycles. The zero-order valence-corrected chi connectivity index (χ0v) is 10.6. The van der Waals surface area contributed by atoms with Crippen molar-refractivity contribution in [3.8, 4) is 0 Å². The van der Waals surface area contributed by atoms with Crippen LogP contribution in [0.25, 0.3) is 0 Å². The molecule has 90 valence electrons. The van der Waals surface area contributed by atoms with Gasteiger partial charge in [0, 0.05) is 6.61 Å². The van der Waals surface area contributed by atoms with Crippen LogP contribution in [0.5, 0.6) is 0 Å². The smallest absolute Gasteiger partial charge is 0.0827 e. The van der Waals surface area contributed by atoms with Crippen LogP contribution in [0.4, 0.5) is 0 Å². The fourth-order valence-electron chi connectivity index (χ4n) is 3.03. The van der Waals surface area contributed by atoms with Gasteiger partial charge in [0.15, 0.2) is 0 Å². The Morgan fingerprint density at radius 1 is 1.20 bits per heavy atom. The fourth-order valence-corrected chi connectivity index (χ4v) is 3.03. The molecule has 1 rings (SSSR count). The zero-order chi connectivity index (χ0) is 11.4. The summed E-state index contributed by atoms with van der Waals surface area (Å²) < 4.78 is 5.48. The predicted octanol–water partition coefficient (Wildman–Crippen LogP) is 2.84. The van der Waals surface area contributed by atoms with Gasteiger partial charge in [-0.05, 0) is 50.9 Å². The molecule has 2 nitrogen and oxygen atoms in total. The SMILES string of the molecule is CCOC(C)C(O)C1CC(C)CC(C)C1. The molecule has 0 heterocycles. The molecule has 1 aliphatic rings. The van der Waals surface area contributed by atoms with E-state index in [1.807, 2.05) is 13.8 Å². The standard InChI is InChI=1S/C13H26O2/c1-5-15-11(4)13(14)12-7-9(2)6-10(3)8-12/h9-14H,5-8H2,1-4H3. The summed E-state index contributed by atoms with van der Waals surface area (Å²) in [6.07, 6.45) is 3.32. The van der Waals surface area contributed by atoms with E-state index < -0.39 is 0 Å². The molecule has 0 aliphatic heterocycles. The fraction of sp³-hybridized carbons (Fsp3) is 1.00. The summed E-state index contributed by atoms with van der Waals surface area (Å²) in [6, 6.07) is 0. The Morgan fingerprint density at radius 2 is 1.73 bits per heavy atom. The second kappa shape index (κ2) is 5.86. The first kappa shape index (κ1) is 13.0. The maximum atomic E-state index is 10.2. The molecule has 0 radical (unpaired) electrons. The van der Waals surface area contributed by atoms with Crippen molar-refractivity contribution < 1.29 is 9.84 Å². The molecular formula is C13H26O2. The molecule has 15 heavy (non-hydrogen) atoms. The third-order valence-corrected chi connectivity index (χ3v) is 3.61. The molecule has 0 aromatic heterocycles. The van der Waals surface area contributed by atoms with Gasteiger partial charge in [-0.1, -0.05) is 13.8 Å². The van der Waals surface area contributed by atoms with Crippen molar-refractivity contribution in [1.82, 2.24) is 0 Å². The van der Waals surface area contributed by atoms with E-state index in [-0.39, 0.29) is 12.2 Å². The lowest BCUT2D eigenvalue weighted by Crippen LogP contribution is -2.37. The molecule has 1 N–H and O–H groups in total. The van der Waals surface area contributed by atoms with Crippen LogP contribution in [-0.4, -0.2) is 23.9 Å². The van der Waals surface area contributed by atoms with E-state index in [9.17, 15) is 5.11 Å². The minimum absolute atomic E-state index is 0.0162. The monoisotopic (exact) mass is 214 g/mol. The molecule has 0 aromatic rings. The van der Waals surface area contributed by atoms with Crippen LogP contribution in [0.1, 0.15) is 47.0 Å². The van der Waals surface area contributed by atoms with Crippen LogP contribution in [0.2, 0.25) is 0 Å². The van der Waals surface area contributed by atoms with Crippen molar-refractivity contribution in [2.24, 2.45) is 17.8 Å². The maximum absolute atomic E-state index is 10.2. The molecular weight excluding hydrogens is 188 g/mol. The summed E-state index contributed by atoms with van der Waals surface area (Å²) in [7, 11) is 0. The normalized spacial score (nSPS) is 36.2. The van der Waals surface area contributed by atoms with Gasteiger partial charge in [0.05, 0.1) is 12.2 Å². The Bertz CT molecular complexity index is 171. The van der Waals surface area contributed by atoms with Crippen LogP contribution in [0, 0.1) is 17.8 Å². The Balaban J connectivity index is 2.47. The third-order valence-electron chi connectivity index (χ3n) is 3.61. The quantitative estimate of drug-likeness (QED) is 0.779. The van der Waals surface area contributed by atoms with Gasteiger partial charge in [0.25, 0.3) is 0 Å². The van der Waals surface area contributed by atoms with Gasteiger partial charge in [-0.25, -0.2) is 0 Å². The summed E-state index contributed by atoms with van der Waals surface area (Å²) in [5, 5.41) is 10.2. The number of hydrogen-bond acceptors (Lipinski definition) is 2. The van der Waals surface area contributed by atoms with Crippen molar-refractivity contribution in [2.45, 2.75) is 59.2 Å². The van der Waals surface area contributed by atoms with E-state index in [0.717, 1.165) is 24.7 Å². The van der Waals surface area contributed by atoms with Crippen molar-refractivity contribution in [1.29, 1.82) is 0 Å². The molecule has 1 saturated carbocycles. The topological polar surface area (TPSA) is 29.5 Å². The second-order valence-electron chi connectivity index (χ2n) is 5.33. The zero-order valence-electron chi connectivity index (χ0n) is 10.6. The Hall–Kier alpha value is -0.0800. The second-order valence-corrected chi connectivity index (χ2v) is 5.33. The highest BCUT2D eigenvalue weighted by molar-refractivity contribution is 4.82. The number of hydrogen-bond donors (Lipinski definition) is 1. The molecule has 0 amide bonds. The van der Waals surface area contributed by atoms with Gasteiger partial charge in [-0.2, -0.15) is 0 Å². The molecule has 2 heteroatoms. The summed E-state index contributed by atoms with van der Waals surface area (Å²) in [5.41, 5.74) is 0. The largest absolute Gasteiger partial charge is 0.390 e. The van der Waals surface area contributed by atoms with Gasteiger partial charge in [-0.15, -0.1) is 0 Å². The summed E-state index contributed by atoms with van der Waals surface area (Å²) in [6.45, 7) is 9.24. The first-order valence-electron chi connectivity index (χ1n) is 6.34. The van der Waals surface area contributed by atoms with E-state index in [4.69, 9.17) is 4.74 Å². The molecule has 1 aliphatic carbocycles. The lowest BCUT2D eigenvalue weighted by molar-refractivity contribution is -0.0634. The van der Waals surface area contributed by atoms with Crippen molar-refractivity contribution >= 4 is 0 Å². The lowest BCUT2D eigenvalue weighted by atomic mass is 9.73. The summed E-state index contributed by atoms with van der Waals surface area (Å²) in [4.78, 5) is 0. The van der Waals surface area contributed by atoms with E-state index in [0.29, 0.717) is 12.5 Å². The van der Waals surface area contributed by atoms with Gasteiger partial charge in [0.2, 0.25) is 0 Å². The highest BCUT2D eigenvalue weighted by Crippen LogP contribution is 2.35.